The van der Waals surface area contributed by atoms with Gasteiger partial charge in [-0.05, 0) is 79.3 Å². The number of amides is 1. The number of halogens is 1. The lowest BCUT2D eigenvalue weighted by atomic mass is 10.1. The van der Waals surface area contributed by atoms with Gasteiger partial charge in [-0.3, -0.25) is 10.3 Å². The van der Waals surface area contributed by atoms with Crippen LogP contribution >= 0.6 is 12.2 Å². The molecule has 6 nitrogen and oxygen atoms in total. The molecule has 1 heterocycles. The van der Waals surface area contributed by atoms with Gasteiger partial charge in [0.05, 0.1) is 11.6 Å². The average Bonchev–Trinajstić information content (AvgIpc) is 2.81. The molecule has 4 aromatic rings. The molecule has 0 aliphatic rings. The van der Waals surface area contributed by atoms with E-state index < -0.39 is 6.09 Å². The molecule has 3 N–H and O–H groups in total. The SMILES string of the molecule is CC(NC(=S)Nc1ccc(NC(=O)Oc2ccnc3ccccc23)cc1)c1ccc(F)cc1. The monoisotopic (exact) mass is 460 g/mol. The molecule has 1 unspecified atom stereocenters. The molecule has 0 aliphatic carbocycles. The van der Waals surface area contributed by atoms with E-state index in [-0.39, 0.29) is 11.9 Å². The Morgan fingerprint density at radius 2 is 1.61 bits per heavy atom. The molecule has 1 amide bonds. The van der Waals surface area contributed by atoms with E-state index in [4.69, 9.17) is 17.0 Å². The van der Waals surface area contributed by atoms with E-state index in [0.717, 1.165) is 22.2 Å². The van der Waals surface area contributed by atoms with E-state index in [1.807, 2.05) is 31.2 Å². The van der Waals surface area contributed by atoms with E-state index in [1.165, 1.54) is 12.1 Å². The van der Waals surface area contributed by atoms with Crippen LogP contribution in [0.3, 0.4) is 0 Å². The number of thiocarbonyl (C=S) groups is 1. The number of para-hydroxylation sites is 1. The summed E-state index contributed by atoms with van der Waals surface area (Å²) in [6, 6.07) is 22.3. The van der Waals surface area contributed by atoms with Gasteiger partial charge in [-0.15, -0.1) is 0 Å². The first-order valence-corrected chi connectivity index (χ1v) is 10.6. The van der Waals surface area contributed by atoms with Crippen LogP contribution in [0.15, 0.2) is 85.1 Å². The lowest BCUT2D eigenvalue weighted by Gasteiger charge is -2.17. The third-order valence-electron chi connectivity index (χ3n) is 4.92. The van der Waals surface area contributed by atoms with Crippen LogP contribution in [0.4, 0.5) is 20.6 Å². The third kappa shape index (κ3) is 5.81. The van der Waals surface area contributed by atoms with Crippen LogP contribution in [0, 0.1) is 5.82 Å². The molecule has 166 valence electrons. The normalized spacial score (nSPS) is 11.5. The van der Waals surface area contributed by atoms with Crippen molar-refractivity contribution in [2.75, 3.05) is 10.6 Å². The molecule has 0 saturated heterocycles. The number of pyridine rings is 1. The van der Waals surface area contributed by atoms with Gasteiger partial charge < -0.3 is 15.4 Å². The highest BCUT2D eigenvalue weighted by Gasteiger charge is 2.10. The number of carbonyl (C=O) groups is 1. The van der Waals surface area contributed by atoms with E-state index in [2.05, 4.69) is 20.9 Å². The third-order valence-corrected chi connectivity index (χ3v) is 5.14. The standard InChI is InChI=1S/C25H21FN4O2S/c1-16(17-6-8-18(26)9-7-17)28-24(33)29-19-10-12-20(13-11-19)30-25(31)32-23-14-15-27-22-5-3-2-4-21(22)23/h2-16H,1H3,(H,30,31)(H2,28,29,33). The van der Waals surface area contributed by atoms with Crippen molar-refractivity contribution in [1.29, 1.82) is 0 Å². The van der Waals surface area contributed by atoms with Gasteiger partial charge in [0.1, 0.15) is 11.6 Å². The molecule has 8 heteroatoms. The van der Waals surface area contributed by atoms with Crippen LogP contribution in [0.5, 0.6) is 5.75 Å². The van der Waals surface area contributed by atoms with Crippen LogP contribution < -0.4 is 20.7 Å². The van der Waals surface area contributed by atoms with Crippen molar-refractivity contribution in [3.05, 3.63) is 96.4 Å². The highest BCUT2D eigenvalue weighted by atomic mass is 32.1. The molecule has 0 aliphatic heterocycles. The summed E-state index contributed by atoms with van der Waals surface area (Å²) in [7, 11) is 0. The average molecular weight is 461 g/mol. The fourth-order valence-corrected chi connectivity index (χ4v) is 3.53. The Bertz CT molecular complexity index is 1270. The summed E-state index contributed by atoms with van der Waals surface area (Å²) in [5.74, 6) is 0.154. The number of anilines is 2. The Kier molecular flexibility index (Phi) is 6.75. The first-order valence-electron chi connectivity index (χ1n) is 10.2. The molecular weight excluding hydrogens is 439 g/mol. The van der Waals surface area contributed by atoms with Crippen molar-refractivity contribution in [3.8, 4) is 5.75 Å². The van der Waals surface area contributed by atoms with Crippen molar-refractivity contribution in [2.45, 2.75) is 13.0 Å². The van der Waals surface area contributed by atoms with E-state index in [1.54, 1.807) is 48.7 Å². The number of ether oxygens (including phenoxy) is 1. The fraction of sp³-hybridized carbons (Fsp3) is 0.0800. The molecule has 33 heavy (non-hydrogen) atoms. The zero-order valence-electron chi connectivity index (χ0n) is 17.7. The van der Waals surface area contributed by atoms with E-state index in [0.29, 0.717) is 16.5 Å². The molecule has 0 radical (unpaired) electrons. The molecule has 1 aromatic heterocycles. The van der Waals surface area contributed by atoms with E-state index >= 15 is 0 Å². The van der Waals surface area contributed by atoms with Gasteiger partial charge in [-0.2, -0.15) is 0 Å². The summed E-state index contributed by atoms with van der Waals surface area (Å²) < 4.78 is 18.5. The molecule has 4 rings (SSSR count). The minimum atomic E-state index is -0.600. The second kappa shape index (κ2) is 10.1. The van der Waals surface area contributed by atoms with Gasteiger partial charge in [-0.25, -0.2) is 9.18 Å². The number of aromatic nitrogens is 1. The molecule has 0 saturated carbocycles. The zero-order valence-corrected chi connectivity index (χ0v) is 18.5. The predicted octanol–water partition coefficient (Wildman–Crippen LogP) is 6.03. The van der Waals surface area contributed by atoms with Crippen LogP contribution in [0.2, 0.25) is 0 Å². The second-order valence-corrected chi connectivity index (χ2v) is 7.70. The summed E-state index contributed by atoms with van der Waals surface area (Å²) in [5.41, 5.74) is 2.98. The minimum absolute atomic E-state index is 0.0921. The summed E-state index contributed by atoms with van der Waals surface area (Å²) in [6.07, 6.45) is 0.997. The Morgan fingerprint density at radius 1 is 0.939 bits per heavy atom. The maximum Gasteiger partial charge on any atom is 0.417 e. The number of fused-ring (bicyclic) bond motifs is 1. The van der Waals surface area contributed by atoms with Gasteiger partial charge in [0, 0.05) is 23.0 Å². The first-order chi connectivity index (χ1) is 16.0. The minimum Gasteiger partial charge on any atom is -0.409 e. The maximum absolute atomic E-state index is 13.1. The summed E-state index contributed by atoms with van der Waals surface area (Å²) >= 11 is 5.36. The number of benzene rings is 3. The number of nitrogens with one attached hydrogen (secondary N) is 3. The number of nitrogens with zero attached hydrogens (tertiary/aromatic N) is 1. The van der Waals surface area contributed by atoms with Gasteiger partial charge in [0.2, 0.25) is 0 Å². The van der Waals surface area contributed by atoms with E-state index in [9.17, 15) is 9.18 Å². The van der Waals surface area contributed by atoms with Crippen molar-refractivity contribution < 1.29 is 13.9 Å². The highest BCUT2D eigenvalue weighted by molar-refractivity contribution is 7.80. The van der Waals surface area contributed by atoms with Crippen LogP contribution in [0.1, 0.15) is 18.5 Å². The number of hydrogen-bond acceptors (Lipinski definition) is 4. The van der Waals surface area contributed by atoms with Crippen LogP contribution in [-0.2, 0) is 0 Å². The lowest BCUT2D eigenvalue weighted by Crippen LogP contribution is -2.30. The predicted molar refractivity (Wildman–Crippen MR) is 132 cm³/mol. The summed E-state index contributed by atoms with van der Waals surface area (Å²) in [5, 5.41) is 10.1. The Morgan fingerprint density at radius 3 is 2.33 bits per heavy atom. The maximum atomic E-state index is 13.1. The molecule has 1 atom stereocenters. The van der Waals surface area contributed by atoms with Gasteiger partial charge in [-0.1, -0.05) is 24.3 Å². The lowest BCUT2D eigenvalue weighted by molar-refractivity contribution is 0.215. The fourth-order valence-electron chi connectivity index (χ4n) is 3.24. The molecule has 0 bridgehead atoms. The Hall–Kier alpha value is -4.04. The molecule has 3 aromatic carbocycles. The van der Waals surface area contributed by atoms with Gasteiger partial charge in [0.25, 0.3) is 0 Å². The van der Waals surface area contributed by atoms with Crippen LogP contribution in [-0.4, -0.2) is 16.2 Å². The topological polar surface area (TPSA) is 75.3 Å². The number of rotatable bonds is 5. The highest BCUT2D eigenvalue weighted by Crippen LogP contribution is 2.24. The Balaban J connectivity index is 1.31. The first kappa shape index (κ1) is 22.2. The van der Waals surface area contributed by atoms with Crippen molar-refractivity contribution in [2.24, 2.45) is 0 Å². The van der Waals surface area contributed by atoms with Gasteiger partial charge >= 0.3 is 6.09 Å². The Labute approximate surface area is 195 Å². The summed E-state index contributed by atoms with van der Waals surface area (Å²) in [6.45, 7) is 1.94. The van der Waals surface area contributed by atoms with Gasteiger partial charge in [0.15, 0.2) is 5.11 Å². The summed E-state index contributed by atoms with van der Waals surface area (Å²) in [4.78, 5) is 16.6. The quantitative estimate of drug-likeness (QED) is 0.316. The molecule has 0 fully saturated rings. The second-order valence-electron chi connectivity index (χ2n) is 7.29. The van der Waals surface area contributed by atoms with Crippen LogP contribution in [0.25, 0.3) is 10.9 Å². The molecule has 0 spiro atoms. The number of hydrogen-bond donors (Lipinski definition) is 3. The smallest absolute Gasteiger partial charge is 0.409 e. The zero-order chi connectivity index (χ0) is 23.2. The van der Waals surface area contributed by atoms with Crippen molar-refractivity contribution >= 4 is 45.7 Å². The molecular formula is C25H21FN4O2S. The van der Waals surface area contributed by atoms with Crippen molar-refractivity contribution in [1.82, 2.24) is 10.3 Å². The largest absolute Gasteiger partial charge is 0.417 e. The van der Waals surface area contributed by atoms with Crippen molar-refractivity contribution in [3.63, 3.8) is 0 Å². The number of carbonyl (C=O) groups excluding carboxylic acids is 1.